The van der Waals surface area contributed by atoms with Gasteiger partial charge >= 0.3 is 0 Å². The minimum absolute atomic E-state index is 0.668. The van der Waals surface area contributed by atoms with E-state index < -0.39 is 0 Å². The molecule has 1 saturated heterocycles. The zero-order chi connectivity index (χ0) is 8.10. The molecule has 0 radical (unpaired) electrons. The van der Waals surface area contributed by atoms with Crippen LogP contribution in [0.5, 0.6) is 0 Å². The molecule has 1 unspecified atom stereocenters. The Kier molecular flexibility index (Phi) is 3.87. The molecule has 1 heterocycles. The molecule has 11 heavy (non-hydrogen) atoms. The summed E-state index contributed by atoms with van der Waals surface area (Å²) in [7, 11) is 2.22. The van der Waals surface area contributed by atoms with Gasteiger partial charge in [-0.3, -0.25) is 4.90 Å². The van der Waals surface area contributed by atoms with Crippen LogP contribution in [0.15, 0.2) is 0 Å². The highest BCUT2D eigenvalue weighted by Crippen LogP contribution is 2.08. The molecular formula is C9H20N2. The van der Waals surface area contributed by atoms with Crippen LogP contribution in [0.2, 0.25) is 0 Å². The summed E-state index contributed by atoms with van der Waals surface area (Å²) in [4.78, 5) is 2.44. The molecule has 0 aromatic carbocycles. The Labute approximate surface area is 70.0 Å². The van der Waals surface area contributed by atoms with Gasteiger partial charge in [0.1, 0.15) is 0 Å². The van der Waals surface area contributed by atoms with E-state index >= 15 is 0 Å². The Balaban J connectivity index is 2.12. The molecule has 0 aliphatic carbocycles. The first-order valence-corrected chi connectivity index (χ1v) is 4.78. The third kappa shape index (κ3) is 2.80. The number of hydrogen-bond donors (Lipinski definition) is 1. The maximum Gasteiger partial charge on any atom is 0.0595 e. The van der Waals surface area contributed by atoms with Gasteiger partial charge < -0.3 is 5.32 Å². The van der Waals surface area contributed by atoms with E-state index in [0.717, 1.165) is 0 Å². The molecule has 0 amide bonds. The highest BCUT2D eigenvalue weighted by atomic mass is 15.3. The van der Waals surface area contributed by atoms with Crippen LogP contribution in [0.1, 0.15) is 32.6 Å². The van der Waals surface area contributed by atoms with E-state index in [1.54, 1.807) is 0 Å². The SMILES string of the molecule is CCCCN(C)C1CCCN1. The molecule has 1 atom stereocenters. The summed E-state index contributed by atoms with van der Waals surface area (Å²) in [5.41, 5.74) is 0. The molecule has 0 bridgehead atoms. The second kappa shape index (κ2) is 4.73. The average molecular weight is 156 g/mol. The van der Waals surface area contributed by atoms with Gasteiger partial charge in [-0.2, -0.15) is 0 Å². The van der Waals surface area contributed by atoms with Crippen molar-refractivity contribution >= 4 is 0 Å². The van der Waals surface area contributed by atoms with Crippen LogP contribution in [0.4, 0.5) is 0 Å². The van der Waals surface area contributed by atoms with Gasteiger partial charge in [-0.05, 0) is 39.4 Å². The molecule has 1 fully saturated rings. The van der Waals surface area contributed by atoms with E-state index in [-0.39, 0.29) is 0 Å². The van der Waals surface area contributed by atoms with Gasteiger partial charge in [0, 0.05) is 0 Å². The smallest absolute Gasteiger partial charge is 0.0595 e. The lowest BCUT2D eigenvalue weighted by molar-refractivity contribution is 0.222. The number of nitrogens with zero attached hydrogens (tertiary/aromatic N) is 1. The predicted octanol–water partition coefficient (Wildman–Crippen LogP) is 1.43. The fourth-order valence-corrected chi connectivity index (χ4v) is 1.61. The Morgan fingerprint density at radius 3 is 2.91 bits per heavy atom. The van der Waals surface area contributed by atoms with Crippen molar-refractivity contribution in [3.8, 4) is 0 Å². The molecule has 0 saturated carbocycles. The van der Waals surface area contributed by atoms with Crippen molar-refractivity contribution in [3.63, 3.8) is 0 Å². The monoisotopic (exact) mass is 156 g/mol. The fraction of sp³-hybridized carbons (Fsp3) is 1.00. The van der Waals surface area contributed by atoms with Crippen LogP contribution in [0, 0.1) is 0 Å². The van der Waals surface area contributed by atoms with Crippen molar-refractivity contribution in [1.29, 1.82) is 0 Å². The molecular weight excluding hydrogens is 136 g/mol. The van der Waals surface area contributed by atoms with Gasteiger partial charge in [-0.1, -0.05) is 13.3 Å². The summed E-state index contributed by atoms with van der Waals surface area (Å²) in [5.74, 6) is 0. The van der Waals surface area contributed by atoms with E-state index in [9.17, 15) is 0 Å². The minimum Gasteiger partial charge on any atom is -0.302 e. The van der Waals surface area contributed by atoms with Crippen LogP contribution >= 0.6 is 0 Å². The lowest BCUT2D eigenvalue weighted by Gasteiger charge is -2.23. The summed E-state index contributed by atoms with van der Waals surface area (Å²) in [6.07, 6.45) is 5.98. The lowest BCUT2D eigenvalue weighted by Crippen LogP contribution is -2.39. The predicted molar refractivity (Wildman–Crippen MR) is 48.6 cm³/mol. The second-order valence-corrected chi connectivity index (χ2v) is 3.45. The van der Waals surface area contributed by atoms with Crippen molar-refractivity contribution in [1.82, 2.24) is 10.2 Å². The summed E-state index contributed by atoms with van der Waals surface area (Å²) in [6, 6.07) is 0. The van der Waals surface area contributed by atoms with Crippen LogP contribution in [-0.2, 0) is 0 Å². The zero-order valence-corrected chi connectivity index (χ0v) is 7.77. The molecule has 0 aromatic heterocycles. The van der Waals surface area contributed by atoms with E-state index in [4.69, 9.17) is 0 Å². The van der Waals surface area contributed by atoms with Gasteiger partial charge in [0.25, 0.3) is 0 Å². The largest absolute Gasteiger partial charge is 0.302 e. The quantitative estimate of drug-likeness (QED) is 0.662. The Morgan fingerprint density at radius 2 is 2.36 bits per heavy atom. The first kappa shape index (κ1) is 9.01. The molecule has 2 nitrogen and oxygen atoms in total. The normalized spacial score (nSPS) is 24.8. The van der Waals surface area contributed by atoms with Crippen molar-refractivity contribution < 1.29 is 0 Å². The van der Waals surface area contributed by atoms with Crippen LogP contribution in [0.3, 0.4) is 0 Å². The molecule has 1 rings (SSSR count). The van der Waals surface area contributed by atoms with Gasteiger partial charge in [0.05, 0.1) is 6.17 Å². The van der Waals surface area contributed by atoms with Gasteiger partial charge in [0.2, 0.25) is 0 Å². The molecule has 1 aliphatic heterocycles. The molecule has 0 spiro atoms. The highest BCUT2D eigenvalue weighted by molar-refractivity contribution is 4.72. The van der Waals surface area contributed by atoms with E-state index in [1.807, 2.05) is 0 Å². The summed E-state index contributed by atoms with van der Waals surface area (Å²) >= 11 is 0. The van der Waals surface area contributed by atoms with Gasteiger partial charge in [-0.25, -0.2) is 0 Å². The molecule has 66 valence electrons. The fourth-order valence-electron chi connectivity index (χ4n) is 1.61. The molecule has 2 heteroatoms. The second-order valence-electron chi connectivity index (χ2n) is 3.45. The number of nitrogens with one attached hydrogen (secondary N) is 1. The maximum atomic E-state index is 3.49. The average Bonchev–Trinajstić information content (AvgIpc) is 2.52. The number of rotatable bonds is 4. The van der Waals surface area contributed by atoms with Crippen LogP contribution in [0.25, 0.3) is 0 Å². The van der Waals surface area contributed by atoms with Crippen molar-refractivity contribution in [2.45, 2.75) is 38.8 Å². The van der Waals surface area contributed by atoms with E-state index in [1.165, 1.54) is 38.8 Å². The highest BCUT2D eigenvalue weighted by Gasteiger charge is 2.17. The number of hydrogen-bond acceptors (Lipinski definition) is 2. The first-order chi connectivity index (χ1) is 5.34. The standard InChI is InChI=1S/C9H20N2/c1-3-4-8-11(2)9-6-5-7-10-9/h9-10H,3-8H2,1-2H3. The van der Waals surface area contributed by atoms with Gasteiger partial charge in [0.15, 0.2) is 0 Å². The van der Waals surface area contributed by atoms with Crippen molar-refractivity contribution in [2.24, 2.45) is 0 Å². The summed E-state index contributed by atoms with van der Waals surface area (Å²) in [5, 5.41) is 3.49. The van der Waals surface area contributed by atoms with Crippen molar-refractivity contribution in [3.05, 3.63) is 0 Å². The van der Waals surface area contributed by atoms with Crippen LogP contribution in [-0.4, -0.2) is 31.2 Å². The van der Waals surface area contributed by atoms with Gasteiger partial charge in [-0.15, -0.1) is 0 Å². The van der Waals surface area contributed by atoms with Crippen molar-refractivity contribution in [2.75, 3.05) is 20.1 Å². The first-order valence-electron chi connectivity index (χ1n) is 4.78. The molecule has 1 N–H and O–H groups in total. The minimum atomic E-state index is 0.668. The van der Waals surface area contributed by atoms with Crippen LogP contribution < -0.4 is 5.32 Å². The zero-order valence-electron chi connectivity index (χ0n) is 7.77. The van der Waals surface area contributed by atoms with E-state index in [2.05, 4.69) is 24.2 Å². The number of unbranched alkanes of at least 4 members (excludes halogenated alkanes) is 1. The maximum absolute atomic E-state index is 3.49. The lowest BCUT2D eigenvalue weighted by atomic mass is 10.3. The molecule has 1 aliphatic rings. The third-order valence-electron chi connectivity index (χ3n) is 2.43. The third-order valence-corrected chi connectivity index (χ3v) is 2.43. The summed E-state index contributed by atoms with van der Waals surface area (Å²) in [6.45, 7) is 4.70. The Bertz CT molecular complexity index is 97.7. The molecule has 0 aromatic rings. The topological polar surface area (TPSA) is 15.3 Å². The Hall–Kier alpha value is -0.0800. The summed E-state index contributed by atoms with van der Waals surface area (Å²) < 4.78 is 0. The van der Waals surface area contributed by atoms with E-state index in [0.29, 0.717) is 6.17 Å². The Morgan fingerprint density at radius 1 is 1.55 bits per heavy atom.